The molecule has 0 aromatic heterocycles. The molecule has 560 valence electrons. The summed E-state index contributed by atoms with van der Waals surface area (Å²) in [4.78, 5) is 9.17. The average molecular weight is 1490 g/mol. The molecule has 0 unspecified atom stereocenters. The number of nitrogens with zero attached hydrogens (tertiary/aromatic N) is 4. The Morgan fingerprint density at radius 3 is 0.336 bits per heavy atom. The summed E-state index contributed by atoms with van der Waals surface area (Å²) in [5, 5.41) is 0. The fourth-order valence-electron chi connectivity index (χ4n) is 14.3. The Bertz CT molecular complexity index is 5720. The van der Waals surface area contributed by atoms with E-state index in [0.29, 0.717) is 0 Å². The summed E-state index contributed by atoms with van der Waals surface area (Å²) in [6.45, 7) is 8.47. The Kier molecular flexibility index (Phi) is 25.0. The van der Waals surface area contributed by atoms with Crippen molar-refractivity contribution in [1.29, 1.82) is 0 Å². The number of aryl methyl sites for hydroxylation is 4. The Balaban J connectivity index is 0.000000124. The lowest BCUT2D eigenvalue weighted by molar-refractivity contribution is 1.27. The van der Waals surface area contributed by atoms with Gasteiger partial charge in [-0.2, -0.15) is 0 Å². The van der Waals surface area contributed by atoms with Crippen LogP contribution in [0.5, 0.6) is 0 Å². The molecule has 4 heteroatoms. The molecule has 0 heterocycles. The van der Waals surface area contributed by atoms with Crippen molar-refractivity contribution in [2.45, 2.75) is 27.7 Å². The second kappa shape index (κ2) is 37.9. The van der Waals surface area contributed by atoms with Crippen molar-refractivity contribution in [2.24, 2.45) is 0 Å². The van der Waals surface area contributed by atoms with Gasteiger partial charge in [0.1, 0.15) is 0 Å². The number of para-hydroxylation sites is 4. The van der Waals surface area contributed by atoms with Gasteiger partial charge in [-0.15, -0.1) is 0 Å². The molecule has 0 saturated carbocycles. The molecule has 0 saturated heterocycles. The van der Waals surface area contributed by atoms with Crippen LogP contribution >= 0.6 is 0 Å². The molecule has 0 radical (unpaired) electrons. The standard InChI is InChI=1S/C37H29N.C31H25N.C25H21N.C19H17N/c1-28-12-14-31(15-13-28)34-20-26-37(27-21-34)38(35-22-16-32(17-23-35)29-8-4-2-5-9-29)36-24-18-33(19-25-36)30-10-6-3-7-11-30;1-24-12-18-29(19-13-24)32(30-20-14-27(15-21-30)25-8-4-2-5-9-25)31-22-16-28(17-23-31)26-10-6-3-7-11-26;1-20-12-14-21(15-13-20)22-16-18-25(19-17-22)26(23-8-4-2-5-9-23)24-10-6-3-7-11-24;1-16-12-14-19(15-13-16)20(17-8-4-2-5-9-17)18-10-6-3-7-11-18/h2-27H,1H3;2-23H,1H3;2-19H,1H3;2-15H,1H3. The van der Waals surface area contributed by atoms with Crippen LogP contribution in [0, 0.1) is 27.7 Å². The molecule has 0 amide bonds. The fraction of sp³-hybridized carbons (Fsp3) is 0.0357. The van der Waals surface area contributed by atoms with E-state index in [1.807, 2.05) is 24.3 Å². The maximum absolute atomic E-state index is 2.32. The van der Waals surface area contributed by atoms with Crippen LogP contribution in [-0.2, 0) is 0 Å². The zero-order valence-corrected chi connectivity index (χ0v) is 66.0. The molecule has 0 bridgehead atoms. The summed E-state index contributed by atoms with van der Waals surface area (Å²) < 4.78 is 0. The van der Waals surface area contributed by atoms with E-state index in [2.05, 4.69) is 508 Å². The second-order valence-electron chi connectivity index (χ2n) is 28.8. The van der Waals surface area contributed by atoms with Crippen LogP contribution in [0.2, 0.25) is 0 Å². The first-order valence-corrected chi connectivity index (χ1v) is 39.7. The van der Waals surface area contributed by atoms with E-state index in [1.165, 1.54) is 106 Å². The molecule has 0 aliphatic rings. The molecule has 0 aliphatic heterocycles. The fourth-order valence-corrected chi connectivity index (χ4v) is 14.3. The van der Waals surface area contributed by atoms with Gasteiger partial charge >= 0.3 is 0 Å². The van der Waals surface area contributed by atoms with Crippen molar-refractivity contribution in [3.05, 3.63) is 508 Å². The number of benzene rings is 18. The third kappa shape index (κ3) is 19.5. The van der Waals surface area contributed by atoms with Crippen LogP contribution in [0.15, 0.2) is 485 Å². The zero-order valence-electron chi connectivity index (χ0n) is 66.0. The molecule has 18 aromatic carbocycles. The first kappa shape index (κ1) is 76.5. The SMILES string of the molecule is Cc1ccc(-c2ccc(N(c3ccc(-c4ccccc4)cc3)c3ccc(-c4ccccc4)cc3)cc2)cc1.Cc1ccc(-c2ccc(N(c3ccccc3)c3ccccc3)cc2)cc1.Cc1ccc(N(c2ccc(-c3ccccc3)cc2)c2ccc(-c3ccccc3)cc2)cc1.Cc1ccc(N(c2ccccc2)c2ccccc2)cc1. The van der Waals surface area contributed by atoms with Crippen molar-refractivity contribution < 1.29 is 0 Å². The van der Waals surface area contributed by atoms with Gasteiger partial charge in [0.25, 0.3) is 0 Å². The summed E-state index contributed by atoms with van der Waals surface area (Å²) >= 11 is 0. The van der Waals surface area contributed by atoms with Crippen molar-refractivity contribution in [3.8, 4) is 66.8 Å². The molecule has 0 spiro atoms. The molecule has 0 fully saturated rings. The first-order valence-electron chi connectivity index (χ1n) is 39.7. The summed E-state index contributed by atoms with van der Waals surface area (Å²) in [6, 6.07) is 171. The minimum absolute atomic E-state index is 1.13. The summed E-state index contributed by atoms with van der Waals surface area (Å²) in [5.41, 5.74) is 33.5. The Morgan fingerprint density at radius 1 is 0.0948 bits per heavy atom. The van der Waals surface area contributed by atoms with E-state index in [9.17, 15) is 0 Å². The highest BCUT2D eigenvalue weighted by Gasteiger charge is 2.18. The summed E-state index contributed by atoms with van der Waals surface area (Å²) in [5.74, 6) is 0. The van der Waals surface area contributed by atoms with Crippen LogP contribution in [-0.4, -0.2) is 0 Å². The van der Waals surface area contributed by atoms with Crippen LogP contribution in [0.4, 0.5) is 68.2 Å². The van der Waals surface area contributed by atoms with Crippen molar-refractivity contribution in [1.82, 2.24) is 0 Å². The van der Waals surface area contributed by atoms with Gasteiger partial charge in [-0.1, -0.05) is 362 Å². The van der Waals surface area contributed by atoms with E-state index < -0.39 is 0 Å². The van der Waals surface area contributed by atoms with Gasteiger partial charge in [-0.3, -0.25) is 0 Å². The third-order valence-corrected chi connectivity index (χ3v) is 20.6. The van der Waals surface area contributed by atoms with Crippen molar-refractivity contribution >= 4 is 68.2 Å². The molecule has 0 aliphatic carbocycles. The number of hydrogen-bond acceptors (Lipinski definition) is 4. The van der Waals surface area contributed by atoms with Crippen molar-refractivity contribution in [3.63, 3.8) is 0 Å². The molecule has 116 heavy (non-hydrogen) atoms. The Morgan fingerprint density at radius 2 is 0.190 bits per heavy atom. The minimum Gasteiger partial charge on any atom is -0.311 e. The van der Waals surface area contributed by atoms with Gasteiger partial charge in [0, 0.05) is 68.2 Å². The van der Waals surface area contributed by atoms with Crippen LogP contribution in [0.3, 0.4) is 0 Å². The van der Waals surface area contributed by atoms with Gasteiger partial charge in [-0.25, -0.2) is 0 Å². The number of anilines is 12. The molecule has 18 rings (SSSR count). The van der Waals surface area contributed by atoms with E-state index in [0.717, 1.165) is 51.2 Å². The monoisotopic (exact) mass is 1490 g/mol. The van der Waals surface area contributed by atoms with Crippen molar-refractivity contribution in [2.75, 3.05) is 19.6 Å². The van der Waals surface area contributed by atoms with E-state index in [4.69, 9.17) is 0 Å². The quantitative estimate of drug-likeness (QED) is 0.0849. The highest BCUT2D eigenvalue weighted by atomic mass is 15.2. The minimum atomic E-state index is 1.13. The lowest BCUT2D eigenvalue weighted by Gasteiger charge is -2.26. The normalized spacial score (nSPS) is 10.6. The van der Waals surface area contributed by atoms with Gasteiger partial charge in [-0.05, 0) is 240 Å². The highest BCUT2D eigenvalue weighted by molar-refractivity contribution is 5.85. The lowest BCUT2D eigenvalue weighted by Crippen LogP contribution is -2.09. The summed E-state index contributed by atoms with van der Waals surface area (Å²) in [6.07, 6.45) is 0. The van der Waals surface area contributed by atoms with Gasteiger partial charge in [0.05, 0.1) is 0 Å². The zero-order chi connectivity index (χ0) is 79.0. The van der Waals surface area contributed by atoms with Crippen LogP contribution < -0.4 is 19.6 Å². The highest BCUT2D eigenvalue weighted by Crippen LogP contribution is 2.42. The topological polar surface area (TPSA) is 13.0 Å². The second-order valence-corrected chi connectivity index (χ2v) is 28.8. The average Bonchev–Trinajstić information content (AvgIpc) is 0.806. The lowest BCUT2D eigenvalue weighted by atomic mass is 10.0. The molecular weight excluding hydrogens is 1400 g/mol. The van der Waals surface area contributed by atoms with Crippen LogP contribution in [0.1, 0.15) is 22.3 Å². The Hall–Kier alpha value is -14.8. The van der Waals surface area contributed by atoms with Gasteiger partial charge in [0.15, 0.2) is 0 Å². The van der Waals surface area contributed by atoms with Gasteiger partial charge < -0.3 is 19.6 Å². The maximum atomic E-state index is 2.32. The molecule has 18 aromatic rings. The molecule has 0 atom stereocenters. The predicted octanol–water partition coefficient (Wildman–Crippen LogP) is 31.9. The largest absolute Gasteiger partial charge is 0.311 e. The van der Waals surface area contributed by atoms with E-state index in [1.54, 1.807) is 0 Å². The summed E-state index contributed by atoms with van der Waals surface area (Å²) in [7, 11) is 0. The number of hydrogen-bond donors (Lipinski definition) is 0. The smallest absolute Gasteiger partial charge is 0.0462 e. The predicted molar refractivity (Wildman–Crippen MR) is 496 cm³/mol. The Labute approximate surface area is 685 Å². The number of rotatable bonds is 18. The third-order valence-electron chi connectivity index (χ3n) is 20.6. The molecule has 4 nitrogen and oxygen atoms in total. The molecule has 0 N–H and O–H groups in total. The van der Waals surface area contributed by atoms with Crippen LogP contribution in [0.25, 0.3) is 66.8 Å². The first-order chi connectivity index (χ1) is 57.2. The maximum Gasteiger partial charge on any atom is 0.0462 e. The van der Waals surface area contributed by atoms with E-state index >= 15 is 0 Å². The van der Waals surface area contributed by atoms with E-state index in [-0.39, 0.29) is 0 Å². The van der Waals surface area contributed by atoms with Gasteiger partial charge in [0.2, 0.25) is 0 Å². The molecular formula is C112H92N4.